The van der Waals surface area contributed by atoms with Crippen molar-refractivity contribution < 1.29 is 79.4 Å². The van der Waals surface area contributed by atoms with Crippen molar-refractivity contribution in [2.24, 2.45) is 30.7 Å². The Hall–Kier alpha value is -6.92. The van der Waals surface area contributed by atoms with Crippen molar-refractivity contribution in [1.29, 1.82) is 5.26 Å². The Morgan fingerprint density at radius 1 is 0.713 bits per heavy atom. The van der Waals surface area contributed by atoms with Crippen molar-refractivity contribution >= 4 is 157 Å². The van der Waals surface area contributed by atoms with E-state index in [1.165, 1.54) is 50.4 Å². The Bertz CT molecular complexity index is 4640. The lowest BCUT2D eigenvalue weighted by atomic mass is 10.1. The Kier molecular flexibility index (Phi) is 16.7. The number of benzene rings is 5. The monoisotopic (exact) mass is 1250 g/mol. The van der Waals surface area contributed by atoms with Crippen molar-refractivity contribution in [1.82, 2.24) is 14.4 Å². The second-order valence-corrected chi connectivity index (χ2v) is 26.8. The molecule has 28 nitrogen and oxygen atoms in total. The quantitative estimate of drug-likeness (QED) is 0.0179. The topological polar surface area (TPSA) is 439 Å². The molecule has 0 aliphatic rings. The molecular weight excluding hydrogens is 1220 g/mol. The molecule has 0 unspecified atom stereocenters. The summed E-state index contributed by atoms with van der Waals surface area (Å²) in [5, 5.41) is 47.7. The van der Waals surface area contributed by atoms with Crippen LogP contribution in [0.3, 0.4) is 0 Å². The number of imidazole rings is 1. The van der Waals surface area contributed by atoms with Gasteiger partial charge in [0.25, 0.3) is 50.6 Å². The lowest BCUT2D eigenvalue weighted by molar-refractivity contribution is 0.317. The summed E-state index contributed by atoms with van der Waals surface area (Å²) in [7, 11) is -22.1. The molecule has 0 amide bonds. The van der Waals surface area contributed by atoms with Gasteiger partial charge < -0.3 is 14.6 Å². The van der Waals surface area contributed by atoms with Gasteiger partial charge in [0.2, 0.25) is 11.0 Å². The normalized spacial score (nSPS) is 13.1. The van der Waals surface area contributed by atoms with E-state index < -0.39 is 82.7 Å². The van der Waals surface area contributed by atoms with E-state index in [1.807, 2.05) is 6.07 Å². The highest BCUT2D eigenvalue weighted by Crippen LogP contribution is 2.46. The molecule has 420 valence electrons. The van der Waals surface area contributed by atoms with E-state index in [-0.39, 0.29) is 124 Å². The van der Waals surface area contributed by atoms with Crippen LogP contribution in [0.5, 0.6) is 17.4 Å². The van der Waals surface area contributed by atoms with Gasteiger partial charge in [-0.2, -0.15) is 52.5 Å². The largest absolute Gasteiger partial charge is 0.494 e. The number of hydrogen-bond donors (Lipinski definition) is 6. The van der Waals surface area contributed by atoms with Gasteiger partial charge in [0.05, 0.1) is 46.0 Å². The Balaban J connectivity index is 1.19. The lowest BCUT2D eigenvalue weighted by Crippen LogP contribution is -2.08. The third-order valence-electron chi connectivity index (χ3n) is 11.3. The highest BCUT2D eigenvalue weighted by molar-refractivity contribution is 7.99. The molecule has 0 aliphatic heterocycles. The van der Waals surface area contributed by atoms with Crippen molar-refractivity contribution in [3.8, 4) is 23.4 Å². The molecule has 0 saturated heterocycles. The number of thiazole rings is 1. The van der Waals surface area contributed by atoms with Gasteiger partial charge in [-0.25, -0.2) is 9.97 Å². The molecule has 0 atom stereocenters. The van der Waals surface area contributed by atoms with E-state index >= 15 is 0 Å². The zero-order valence-electron chi connectivity index (χ0n) is 40.8. The van der Waals surface area contributed by atoms with Crippen LogP contribution in [0.15, 0.2) is 111 Å². The van der Waals surface area contributed by atoms with Crippen LogP contribution < -0.4 is 9.47 Å². The molecule has 5 aromatic carbocycles. The second kappa shape index (κ2) is 22.6. The summed E-state index contributed by atoms with van der Waals surface area (Å²) < 4.78 is 181. The summed E-state index contributed by atoms with van der Waals surface area (Å²) in [4.78, 5) is 6.85. The number of aromatic hydroxyl groups is 1. The Labute approximate surface area is 466 Å². The fraction of sp³-hybridized carbons (Fsp3) is 0.205. The van der Waals surface area contributed by atoms with Crippen LogP contribution in [0.1, 0.15) is 29.5 Å². The van der Waals surface area contributed by atoms with Crippen molar-refractivity contribution in [3.63, 3.8) is 0 Å². The number of ether oxygens (including phenoxy) is 2. The smallest absolute Gasteiger partial charge is 0.296 e. The van der Waals surface area contributed by atoms with E-state index in [2.05, 4.69) is 40.7 Å². The number of pyridine rings is 1. The van der Waals surface area contributed by atoms with Crippen molar-refractivity contribution in [3.05, 3.63) is 82.4 Å². The van der Waals surface area contributed by atoms with Gasteiger partial charge in [-0.3, -0.25) is 27.2 Å². The minimum Gasteiger partial charge on any atom is -0.494 e. The zero-order chi connectivity index (χ0) is 58.4. The fourth-order valence-electron chi connectivity index (χ4n) is 7.73. The second-order valence-electron chi connectivity index (χ2n) is 16.9. The molecule has 0 aliphatic carbocycles. The van der Waals surface area contributed by atoms with Gasteiger partial charge in [0.15, 0.2) is 11.3 Å². The predicted molar refractivity (Wildman–Crippen MR) is 290 cm³/mol. The van der Waals surface area contributed by atoms with Gasteiger partial charge in [-0.15, -0.1) is 37.3 Å². The van der Waals surface area contributed by atoms with Gasteiger partial charge in [-0.1, -0.05) is 29.0 Å². The molecule has 8 rings (SSSR count). The maximum Gasteiger partial charge on any atom is 0.296 e. The van der Waals surface area contributed by atoms with Gasteiger partial charge in [0.1, 0.15) is 61.0 Å². The molecular formula is C44H37ClN10O18S7. The van der Waals surface area contributed by atoms with Crippen LogP contribution >= 0.6 is 34.7 Å². The number of halogens is 1. The first-order valence-corrected chi connectivity index (χ1v) is 31.9. The highest BCUT2D eigenvalue weighted by Gasteiger charge is 2.27. The van der Waals surface area contributed by atoms with E-state index in [0.29, 0.717) is 10.5 Å². The number of rotatable bonds is 20. The standard InChI is InChI=1S/C44H37ClN10O18S7/c1-21-12-29(50-53-38-22(2)27(20-46)42-47-39-32(55(42)43(38)56)15-24(45)16-37(39)80(69,70)71)34(73-8-4-10-76(57,58)59)17-28(21)49-52-31-18-33(72-3)30(19-35(31)74-9-5-11-77(60,61)62)51-54-44-48-40-36(79(66,67)68)14-23-13-25(78(63,64)65)6-7-26(23)41(40)75-44/h6-7,12-19,56H,4-5,8-11H2,1-3H3,(H,57,58,59)(H,60,61,62)(H,63,64,65)(H,66,67,68)(H,69,70,71). The Morgan fingerprint density at radius 2 is 1.34 bits per heavy atom. The van der Waals surface area contributed by atoms with E-state index in [4.69, 9.17) is 21.1 Å². The molecule has 0 fully saturated rings. The van der Waals surface area contributed by atoms with Crippen LogP contribution in [0.2, 0.25) is 5.02 Å². The SMILES string of the molecule is COc1cc(N=Nc2cc(OCCCS(=O)(=O)O)c(N=Nc3c(C)c(C#N)c4nc5c(S(=O)(=O)O)cc(Cl)cc5n4c3O)cc2C)c(SCCCS(=O)(=O)O)cc1N=Nc1nc2c(S(=O)(=O)O)cc3cc(S(=O)(=O)O)ccc3c2s1. The number of fused-ring (bicyclic) bond motifs is 6. The predicted octanol–water partition coefficient (Wildman–Crippen LogP) is 10.1. The number of nitriles is 1. The summed E-state index contributed by atoms with van der Waals surface area (Å²) >= 11 is 8.08. The maximum atomic E-state index is 12.5. The first-order valence-electron chi connectivity index (χ1n) is 22.2. The van der Waals surface area contributed by atoms with E-state index in [1.54, 1.807) is 6.92 Å². The average Bonchev–Trinajstić information content (AvgIpc) is 4.04. The van der Waals surface area contributed by atoms with Gasteiger partial charge in [-0.05, 0) is 85.9 Å². The third kappa shape index (κ3) is 13.1. The summed E-state index contributed by atoms with van der Waals surface area (Å²) in [6, 6.07) is 14.1. The lowest BCUT2D eigenvalue weighted by Gasteiger charge is -2.12. The number of nitrogens with zero attached hydrogens (tertiary/aromatic N) is 10. The van der Waals surface area contributed by atoms with Gasteiger partial charge in [0, 0.05) is 33.0 Å². The molecule has 3 aromatic heterocycles. The molecule has 8 aromatic rings. The summed E-state index contributed by atoms with van der Waals surface area (Å²) in [6.07, 6.45) is -0.253. The first kappa shape index (κ1) is 59.2. The molecule has 80 heavy (non-hydrogen) atoms. The number of aryl methyl sites for hydroxylation is 1. The van der Waals surface area contributed by atoms with Gasteiger partial charge >= 0.3 is 0 Å². The van der Waals surface area contributed by atoms with Crippen LogP contribution in [-0.2, 0) is 50.6 Å². The maximum absolute atomic E-state index is 12.5. The number of methoxy groups -OCH3 is 1. The van der Waals surface area contributed by atoms with E-state index in [0.717, 1.165) is 51.8 Å². The Morgan fingerprint density at radius 3 is 1.99 bits per heavy atom. The number of hydrogen-bond acceptors (Lipinski definition) is 24. The third-order valence-corrected chi connectivity index (χ3v) is 17.9. The number of aromatic nitrogens is 3. The molecule has 0 radical (unpaired) electrons. The zero-order valence-corrected chi connectivity index (χ0v) is 47.3. The summed E-state index contributed by atoms with van der Waals surface area (Å²) in [6.45, 7) is 2.67. The number of thioether (sulfide) groups is 1. The van der Waals surface area contributed by atoms with Crippen molar-refractivity contribution in [2.75, 3.05) is 31.0 Å². The molecule has 36 heteroatoms. The first-order chi connectivity index (χ1) is 37.3. The number of azo groups is 3. The molecule has 3 heterocycles. The van der Waals surface area contributed by atoms with Crippen LogP contribution in [0, 0.1) is 25.2 Å². The fourth-order valence-corrected chi connectivity index (χ4v) is 13.0. The molecule has 6 N–H and O–H groups in total. The molecule has 0 bridgehead atoms. The average molecular weight is 1250 g/mol. The highest BCUT2D eigenvalue weighted by atomic mass is 35.5. The van der Waals surface area contributed by atoms with E-state index in [9.17, 15) is 75.2 Å². The summed E-state index contributed by atoms with van der Waals surface area (Å²) in [5.41, 5.74) is -0.794. The van der Waals surface area contributed by atoms with Crippen molar-refractivity contribution in [2.45, 2.75) is 46.3 Å². The van der Waals surface area contributed by atoms with Crippen LogP contribution in [-0.4, -0.2) is 115 Å². The minimum absolute atomic E-state index is 0.0165. The van der Waals surface area contributed by atoms with Crippen LogP contribution in [0.4, 0.5) is 33.6 Å². The van der Waals surface area contributed by atoms with Crippen LogP contribution in [0.25, 0.3) is 37.7 Å². The molecule has 0 spiro atoms. The minimum atomic E-state index is -4.96. The molecule has 0 saturated carbocycles. The summed E-state index contributed by atoms with van der Waals surface area (Å²) in [5.74, 6) is -1.94.